The average molecular weight is 363 g/mol. The van der Waals surface area contributed by atoms with Gasteiger partial charge in [0.2, 0.25) is 11.8 Å². The third-order valence-corrected chi connectivity index (χ3v) is 5.07. The number of aromatic nitrogens is 4. The Morgan fingerprint density at radius 2 is 2.22 bits per heavy atom. The largest absolute Gasteiger partial charge is 0.480 e. The zero-order valence-electron chi connectivity index (χ0n) is 15.1. The van der Waals surface area contributed by atoms with Gasteiger partial charge in [0, 0.05) is 17.1 Å². The van der Waals surface area contributed by atoms with E-state index in [-0.39, 0.29) is 18.0 Å². The molecule has 0 amide bonds. The van der Waals surface area contributed by atoms with Crippen LogP contribution in [0.1, 0.15) is 37.3 Å². The highest BCUT2D eigenvalue weighted by Gasteiger charge is 2.25. The molecule has 8 nitrogen and oxygen atoms in total. The number of anilines is 2. The van der Waals surface area contributed by atoms with Gasteiger partial charge in [-0.2, -0.15) is 15.3 Å². The first-order valence-corrected chi connectivity index (χ1v) is 8.99. The summed E-state index contributed by atoms with van der Waals surface area (Å²) in [6, 6.07) is 8.46. The summed E-state index contributed by atoms with van der Waals surface area (Å²) in [5.74, 6) is 0.766. The lowest BCUT2D eigenvalue weighted by Crippen LogP contribution is -2.30. The van der Waals surface area contributed by atoms with Crippen molar-refractivity contribution in [3.63, 3.8) is 0 Å². The van der Waals surface area contributed by atoms with Gasteiger partial charge < -0.3 is 15.8 Å². The first-order valence-electron chi connectivity index (χ1n) is 8.99. The number of nitrogens with zero attached hydrogens (tertiary/aromatic N) is 5. The lowest BCUT2D eigenvalue weighted by Gasteiger charge is -2.30. The van der Waals surface area contributed by atoms with Gasteiger partial charge in [0.1, 0.15) is 11.6 Å². The van der Waals surface area contributed by atoms with Crippen LogP contribution < -0.4 is 15.8 Å². The maximum Gasteiger partial charge on any atom is 0.236 e. The van der Waals surface area contributed by atoms with Crippen molar-refractivity contribution in [1.82, 2.24) is 19.7 Å². The Bertz CT molecular complexity index is 1010. The third kappa shape index (κ3) is 3.24. The van der Waals surface area contributed by atoms with Gasteiger partial charge in [-0.15, -0.1) is 0 Å². The van der Waals surface area contributed by atoms with Crippen LogP contribution in [0.2, 0.25) is 0 Å². The molecule has 2 aromatic heterocycles. The molecule has 27 heavy (non-hydrogen) atoms. The van der Waals surface area contributed by atoms with Crippen LogP contribution in [0.5, 0.6) is 5.88 Å². The molecular weight excluding hydrogens is 342 g/mol. The molecule has 3 N–H and O–H groups in total. The smallest absolute Gasteiger partial charge is 0.236 e. The second-order valence-electron chi connectivity index (χ2n) is 6.76. The molecule has 0 saturated heterocycles. The average Bonchev–Trinajstić information content (AvgIpc) is 3.13. The fourth-order valence-electron chi connectivity index (χ4n) is 3.75. The summed E-state index contributed by atoms with van der Waals surface area (Å²) >= 11 is 0. The first-order chi connectivity index (χ1) is 13.2. The van der Waals surface area contributed by atoms with E-state index in [1.54, 1.807) is 0 Å². The van der Waals surface area contributed by atoms with Crippen molar-refractivity contribution in [2.75, 3.05) is 18.2 Å². The van der Waals surface area contributed by atoms with Gasteiger partial charge in [0.05, 0.1) is 31.1 Å². The number of fused-ring (bicyclic) bond motifs is 1. The van der Waals surface area contributed by atoms with E-state index in [2.05, 4.69) is 31.1 Å². The van der Waals surface area contributed by atoms with Gasteiger partial charge >= 0.3 is 0 Å². The quantitative estimate of drug-likeness (QED) is 0.685. The van der Waals surface area contributed by atoms with Crippen molar-refractivity contribution < 1.29 is 4.74 Å². The normalized spacial score (nSPS) is 19.6. The number of hydrogen-bond donors (Lipinski definition) is 2. The summed E-state index contributed by atoms with van der Waals surface area (Å²) in [7, 11) is 1.50. The Labute approximate surface area is 157 Å². The molecule has 0 unspecified atom stereocenters. The molecule has 0 bridgehead atoms. The lowest BCUT2D eigenvalue weighted by molar-refractivity contribution is 0.317. The van der Waals surface area contributed by atoms with E-state index < -0.39 is 0 Å². The van der Waals surface area contributed by atoms with Gasteiger partial charge in [-0.05, 0) is 37.8 Å². The number of nitrogens with two attached hydrogens (primary N) is 1. The summed E-state index contributed by atoms with van der Waals surface area (Å²) < 4.78 is 7.25. The van der Waals surface area contributed by atoms with Crippen LogP contribution in [-0.4, -0.2) is 32.9 Å². The zero-order chi connectivity index (χ0) is 18.8. The van der Waals surface area contributed by atoms with E-state index in [1.165, 1.54) is 13.3 Å². The van der Waals surface area contributed by atoms with E-state index >= 15 is 0 Å². The fraction of sp³-hybridized carbons (Fsp3) is 0.368. The maximum absolute atomic E-state index is 9.06. The highest BCUT2D eigenvalue weighted by Crippen LogP contribution is 2.33. The summed E-state index contributed by atoms with van der Waals surface area (Å²) in [5.41, 5.74) is 8.21. The summed E-state index contributed by atoms with van der Waals surface area (Å²) in [5, 5.41) is 18.0. The van der Waals surface area contributed by atoms with Crippen molar-refractivity contribution in [1.29, 1.82) is 5.26 Å². The number of nitriles is 1. The van der Waals surface area contributed by atoms with E-state index in [4.69, 9.17) is 15.7 Å². The van der Waals surface area contributed by atoms with Crippen LogP contribution in [-0.2, 0) is 0 Å². The highest BCUT2D eigenvalue weighted by molar-refractivity contribution is 5.90. The lowest BCUT2D eigenvalue weighted by atomic mass is 9.91. The molecule has 8 heteroatoms. The minimum absolute atomic E-state index is 0.224. The molecular formula is C19H21N7O. The van der Waals surface area contributed by atoms with Gasteiger partial charge in [-0.1, -0.05) is 6.07 Å². The fourth-order valence-corrected chi connectivity index (χ4v) is 3.75. The molecule has 2 atom stereocenters. The summed E-state index contributed by atoms with van der Waals surface area (Å²) in [6.45, 7) is 0. The number of hydrogen-bond acceptors (Lipinski definition) is 7. The first kappa shape index (κ1) is 17.1. The molecule has 0 radical (unpaired) electrons. The van der Waals surface area contributed by atoms with E-state index in [9.17, 15) is 0 Å². The van der Waals surface area contributed by atoms with Crippen LogP contribution in [0.3, 0.4) is 0 Å². The number of ether oxygens (including phenoxy) is 1. The van der Waals surface area contributed by atoms with Gasteiger partial charge in [-0.3, -0.25) is 4.68 Å². The molecule has 0 aliphatic heterocycles. The maximum atomic E-state index is 9.06. The zero-order valence-corrected chi connectivity index (χ0v) is 15.1. The van der Waals surface area contributed by atoms with Gasteiger partial charge in [0.25, 0.3) is 0 Å². The van der Waals surface area contributed by atoms with Crippen molar-refractivity contribution in [3.05, 3.63) is 36.2 Å². The van der Waals surface area contributed by atoms with Gasteiger partial charge in [0.15, 0.2) is 0 Å². The molecule has 1 aliphatic carbocycles. The summed E-state index contributed by atoms with van der Waals surface area (Å²) in [6.07, 6.45) is 7.43. The van der Waals surface area contributed by atoms with Crippen molar-refractivity contribution in [2.45, 2.75) is 37.8 Å². The highest BCUT2D eigenvalue weighted by atomic mass is 16.5. The van der Waals surface area contributed by atoms with Gasteiger partial charge in [-0.25, -0.2) is 4.98 Å². The Morgan fingerprint density at radius 1 is 1.33 bits per heavy atom. The predicted octanol–water partition coefficient (Wildman–Crippen LogP) is 2.88. The number of benzene rings is 1. The molecule has 1 saturated carbocycles. The molecule has 2 heterocycles. The van der Waals surface area contributed by atoms with Crippen LogP contribution in [0.4, 0.5) is 11.6 Å². The second kappa shape index (κ2) is 7.11. The number of nitrogens with one attached hydrogen (secondary N) is 1. The Morgan fingerprint density at radius 3 is 3.04 bits per heavy atom. The molecule has 1 fully saturated rings. The van der Waals surface area contributed by atoms with E-state index in [1.807, 2.05) is 24.4 Å². The Balaban J connectivity index is 1.53. The monoisotopic (exact) mass is 363 g/mol. The SMILES string of the molecule is COc1nc(N[C@@H]2CCC[C@H](n3ncc4c(N)cccc43)C2)ncc1C#N. The van der Waals surface area contributed by atoms with Crippen LogP contribution in [0, 0.1) is 11.3 Å². The Kier molecular flexibility index (Phi) is 4.50. The van der Waals surface area contributed by atoms with Crippen LogP contribution in [0.25, 0.3) is 10.9 Å². The molecule has 1 aromatic carbocycles. The predicted molar refractivity (Wildman–Crippen MR) is 102 cm³/mol. The molecule has 4 rings (SSSR count). The van der Waals surface area contributed by atoms with Crippen molar-refractivity contribution in [3.8, 4) is 11.9 Å². The minimum atomic E-state index is 0.224. The molecule has 0 spiro atoms. The number of nitrogen functional groups attached to an aromatic ring is 1. The number of methoxy groups -OCH3 is 1. The van der Waals surface area contributed by atoms with E-state index in [0.717, 1.165) is 42.3 Å². The topological polar surface area (TPSA) is 115 Å². The standard InChI is InChI=1S/C19H21N7O/c1-27-18-12(9-20)10-22-19(25-18)24-13-4-2-5-14(8-13)26-17-7-3-6-16(21)15(17)11-23-26/h3,6-7,10-11,13-14H,2,4-5,8,21H2,1H3,(H,22,24,25)/t13-,14+/m1/s1. The van der Waals surface area contributed by atoms with E-state index in [0.29, 0.717) is 11.5 Å². The Hall–Kier alpha value is -3.34. The molecule has 138 valence electrons. The van der Waals surface area contributed by atoms with Crippen molar-refractivity contribution >= 4 is 22.5 Å². The second-order valence-corrected chi connectivity index (χ2v) is 6.76. The van der Waals surface area contributed by atoms with Crippen LogP contribution >= 0.6 is 0 Å². The summed E-state index contributed by atoms with van der Waals surface area (Å²) in [4.78, 5) is 8.54. The number of rotatable bonds is 4. The minimum Gasteiger partial charge on any atom is -0.480 e. The molecule has 1 aliphatic rings. The molecule has 3 aromatic rings. The van der Waals surface area contributed by atoms with Crippen LogP contribution in [0.15, 0.2) is 30.6 Å². The van der Waals surface area contributed by atoms with Crippen molar-refractivity contribution in [2.24, 2.45) is 0 Å². The third-order valence-electron chi connectivity index (χ3n) is 5.07.